The van der Waals surface area contributed by atoms with Crippen LogP contribution in [-0.2, 0) is 24.7 Å². The molecule has 29 heavy (non-hydrogen) atoms. The molecule has 1 heterocycles. The standard InChI is InChI=1S/C17H17N3O6S3/c1-10(21)18-14-8-12(5-7-15(14)26-2)29(24,25)20-17-19-13-6-4-11(28(3,22)23)9-16(13)27-17/h4-9H,1-3H3,(H,18,21)(H,19,20). The molecule has 0 unspecified atom stereocenters. The van der Waals surface area contributed by atoms with E-state index in [0.717, 1.165) is 17.6 Å². The fourth-order valence-electron chi connectivity index (χ4n) is 2.49. The number of ether oxygens (including phenoxy) is 1. The van der Waals surface area contributed by atoms with Gasteiger partial charge in [-0.1, -0.05) is 11.3 Å². The van der Waals surface area contributed by atoms with Crippen LogP contribution in [0.4, 0.5) is 10.8 Å². The minimum atomic E-state index is -4.01. The summed E-state index contributed by atoms with van der Waals surface area (Å²) in [6.45, 7) is 1.30. The van der Waals surface area contributed by atoms with Gasteiger partial charge in [0.05, 0.1) is 32.8 Å². The number of hydrogen-bond acceptors (Lipinski definition) is 8. The van der Waals surface area contributed by atoms with Crippen LogP contribution >= 0.6 is 11.3 Å². The number of amides is 1. The quantitative estimate of drug-likeness (QED) is 0.583. The molecule has 0 radical (unpaired) electrons. The first-order valence-corrected chi connectivity index (χ1v) is 12.3. The Balaban J connectivity index is 1.96. The molecule has 154 valence electrons. The summed E-state index contributed by atoms with van der Waals surface area (Å²) >= 11 is 1.01. The Bertz CT molecular complexity index is 1310. The number of sulfone groups is 1. The summed E-state index contributed by atoms with van der Waals surface area (Å²) in [5, 5.41) is 2.60. The third-order valence-corrected chi connectivity index (χ3v) is 7.31. The monoisotopic (exact) mass is 455 g/mol. The largest absolute Gasteiger partial charge is 0.495 e. The number of benzene rings is 2. The maximum Gasteiger partial charge on any atom is 0.263 e. The topological polar surface area (TPSA) is 132 Å². The van der Waals surface area contributed by atoms with Gasteiger partial charge in [-0.15, -0.1) is 0 Å². The molecular formula is C17H17N3O6S3. The van der Waals surface area contributed by atoms with E-state index < -0.39 is 19.9 Å². The van der Waals surface area contributed by atoms with Gasteiger partial charge in [0.25, 0.3) is 10.0 Å². The zero-order valence-electron chi connectivity index (χ0n) is 15.6. The summed E-state index contributed by atoms with van der Waals surface area (Å²) in [5.74, 6) is -0.0638. The van der Waals surface area contributed by atoms with Crippen LogP contribution in [0.25, 0.3) is 10.2 Å². The highest BCUT2D eigenvalue weighted by molar-refractivity contribution is 7.93. The van der Waals surface area contributed by atoms with E-state index >= 15 is 0 Å². The molecule has 3 rings (SSSR count). The van der Waals surface area contributed by atoms with Gasteiger partial charge in [0, 0.05) is 13.2 Å². The Morgan fingerprint density at radius 1 is 1.07 bits per heavy atom. The summed E-state index contributed by atoms with van der Waals surface area (Å²) in [5.41, 5.74) is 0.679. The number of anilines is 2. The zero-order chi connectivity index (χ0) is 21.4. The Morgan fingerprint density at radius 2 is 1.76 bits per heavy atom. The van der Waals surface area contributed by atoms with Gasteiger partial charge in [-0.3, -0.25) is 9.52 Å². The van der Waals surface area contributed by atoms with Crippen molar-refractivity contribution < 1.29 is 26.4 Å². The molecule has 0 aliphatic rings. The van der Waals surface area contributed by atoms with E-state index in [1.807, 2.05) is 0 Å². The van der Waals surface area contributed by atoms with E-state index in [9.17, 15) is 21.6 Å². The van der Waals surface area contributed by atoms with Gasteiger partial charge in [0.2, 0.25) is 5.91 Å². The molecule has 0 spiro atoms. The normalized spacial score (nSPS) is 12.0. The number of carbonyl (C=O) groups is 1. The molecule has 0 bridgehead atoms. The summed E-state index contributed by atoms with van der Waals surface area (Å²) in [7, 11) is -6.00. The first kappa shape index (κ1) is 21.0. The lowest BCUT2D eigenvalue weighted by Crippen LogP contribution is -2.14. The number of rotatable bonds is 6. The number of thiazole rings is 1. The minimum absolute atomic E-state index is 0.0857. The summed E-state index contributed by atoms with van der Waals surface area (Å²) in [6, 6.07) is 8.42. The number of carbonyl (C=O) groups excluding carboxylic acids is 1. The lowest BCUT2D eigenvalue weighted by Gasteiger charge is -2.11. The van der Waals surface area contributed by atoms with Crippen molar-refractivity contribution in [1.29, 1.82) is 0 Å². The lowest BCUT2D eigenvalue weighted by molar-refractivity contribution is -0.114. The van der Waals surface area contributed by atoms with Gasteiger partial charge in [0.15, 0.2) is 15.0 Å². The Kier molecular flexibility index (Phi) is 5.52. The van der Waals surface area contributed by atoms with Crippen molar-refractivity contribution in [2.24, 2.45) is 0 Å². The summed E-state index contributed by atoms with van der Waals surface area (Å²) in [6.07, 6.45) is 1.09. The molecule has 3 aromatic rings. The third kappa shape index (κ3) is 4.66. The maximum absolute atomic E-state index is 12.7. The van der Waals surface area contributed by atoms with Crippen LogP contribution < -0.4 is 14.8 Å². The second-order valence-corrected chi connectivity index (χ2v) is 10.8. The second kappa shape index (κ2) is 7.61. The van der Waals surface area contributed by atoms with Crippen molar-refractivity contribution in [3.8, 4) is 5.75 Å². The Hall–Kier alpha value is -2.70. The van der Waals surface area contributed by atoms with Gasteiger partial charge in [-0.25, -0.2) is 21.8 Å². The average molecular weight is 456 g/mol. The molecule has 0 aliphatic heterocycles. The van der Waals surface area contributed by atoms with E-state index in [2.05, 4.69) is 15.0 Å². The maximum atomic E-state index is 12.7. The number of hydrogen-bond donors (Lipinski definition) is 2. The fraction of sp³-hybridized carbons (Fsp3) is 0.176. The van der Waals surface area contributed by atoms with Crippen LogP contribution in [-0.4, -0.2) is 41.1 Å². The van der Waals surface area contributed by atoms with Gasteiger partial charge < -0.3 is 10.1 Å². The van der Waals surface area contributed by atoms with E-state index in [1.165, 1.54) is 50.4 Å². The van der Waals surface area contributed by atoms with Crippen LogP contribution in [0.15, 0.2) is 46.2 Å². The number of methoxy groups -OCH3 is 1. The first-order valence-electron chi connectivity index (χ1n) is 8.09. The van der Waals surface area contributed by atoms with Gasteiger partial charge >= 0.3 is 0 Å². The zero-order valence-corrected chi connectivity index (χ0v) is 18.0. The van der Waals surface area contributed by atoms with Crippen LogP contribution in [0.5, 0.6) is 5.75 Å². The molecule has 1 aromatic heterocycles. The van der Waals surface area contributed by atoms with Gasteiger partial charge in [-0.05, 0) is 36.4 Å². The highest BCUT2D eigenvalue weighted by Gasteiger charge is 2.20. The second-order valence-electron chi connectivity index (χ2n) is 6.07. The fourth-order valence-corrected chi connectivity index (χ4v) is 5.38. The number of nitrogens with zero attached hydrogens (tertiary/aromatic N) is 1. The number of sulfonamides is 1. The predicted octanol–water partition coefficient (Wildman–Crippen LogP) is 2.47. The molecule has 9 nitrogen and oxygen atoms in total. The molecule has 0 saturated carbocycles. The highest BCUT2D eigenvalue weighted by atomic mass is 32.2. The van der Waals surface area contributed by atoms with Gasteiger partial charge in [0.1, 0.15) is 5.75 Å². The van der Waals surface area contributed by atoms with Crippen LogP contribution in [0, 0.1) is 0 Å². The highest BCUT2D eigenvalue weighted by Crippen LogP contribution is 2.31. The SMILES string of the molecule is COc1ccc(S(=O)(=O)Nc2nc3ccc(S(C)(=O)=O)cc3s2)cc1NC(C)=O. The van der Waals surface area contributed by atoms with Crippen molar-refractivity contribution in [3.05, 3.63) is 36.4 Å². The van der Waals surface area contributed by atoms with Crippen molar-refractivity contribution in [3.63, 3.8) is 0 Å². The molecule has 0 atom stereocenters. The Morgan fingerprint density at radius 3 is 2.38 bits per heavy atom. The molecule has 12 heteroatoms. The molecule has 0 aliphatic carbocycles. The van der Waals surface area contributed by atoms with Crippen molar-refractivity contribution in [2.45, 2.75) is 16.7 Å². The average Bonchev–Trinajstić information content (AvgIpc) is 3.00. The van der Waals surface area contributed by atoms with Crippen molar-refractivity contribution in [1.82, 2.24) is 4.98 Å². The molecule has 0 fully saturated rings. The van der Waals surface area contributed by atoms with E-state index in [0.29, 0.717) is 16.0 Å². The number of aromatic nitrogens is 1. The van der Waals surface area contributed by atoms with Gasteiger partial charge in [-0.2, -0.15) is 0 Å². The lowest BCUT2D eigenvalue weighted by atomic mass is 10.3. The van der Waals surface area contributed by atoms with Crippen LogP contribution in [0.1, 0.15) is 6.92 Å². The predicted molar refractivity (Wildman–Crippen MR) is 111 cm³/mol. The minimum Gasteiger partial charge on any atom is -0.495 e. The van der Waals surface area contributed by atoms with E-state index in [1.54, 1.807) is 0 Å². The molecule has 2 aromatic carbocycles. The van der Waals surface area contributed by atoms with E-state index in [4.69, 9.17) is 4.74 Å². The third-order valence-electron chi connectivity index (χ3n) is 3.80. The molecule has 0 saturated heterocycles. The number of nitrogens with one attached hydrogen (secondary N) is 2. The molecule has 1 amide bonds. The molecule has 2 N–H and O–H groups in total. The summed E-state index contributed by atoms with van der Waals surface area (Å²) in [4.78, 5) is 15.6. The smallest absolute Gasteiger partial charge is 0.263 e. The van der Waals surface area contributed by atoms with Crippen LogP contribution in [0.2, 0.25) is 0 Å². The molecular weight excluding hydrogens is 438 g/mol. The van der Waals surface area contributed by atoms with E-state index in [-0.39, 0.29) is 26.5 Å². The first-order chi connectivity index (χ1) is 13.5. The Labute approximate surface area is 171 Å². The van der Waals surface area contributed by atoms with Crippen molar-refractivity contribution >= 4 is 58.1 Å². The van der Waals surface area contributed by atoms with Crippen molar-refractivity contribution in [2.75, 3.05) is 23.4 Å². The van der Waals surface area contributed by atoms with Crippen LogP contribution in [0.3, 0.4) is 0 Å². The number of fused-ring (bicyclic) bond motifs is 1. The summed E-state index contributed by atoms with van der Waals surface area (Å²) < 4.78 is 56.9.